The summed E-state index contributed by atoms with van der Waals surface area (Å²) in [6.07, 6.45) is 9.51. The molecule has 0 radical (unpaired) electrons. The third kappa shape index (κ3) is 6.31. The van der Waals surface area contributed by atoms with Gasteiger partial charge in [0.1, 0.15) is 0 Å². The van der Waals surface area contributed by atoms with Crippen molar-refractivity contribution in [2.45, 2.75) is 92.0 Å². The molecule has 0 saturated heterocycles. The van der Waals surface area contributed by atoms with E-state index < -0.39 is 11.4 Å². The number of allylic oxidation sites excluding steroid dienone is 3. The van der Waals surface area contributed by atoms with Gasteiger partial charge >= 0.3 is 0 Å². The first-order valence-electron chi connectivity index (χ1n) is 9.74. The molecule has 0 fully saturated rings. The molecule has 148 valence electrons. The Morgan fingerprint density at radius 2 is 1.62 bits per heavy atom. The van der Waals surface area contributed by atoms with E-state index in [1.807, 2.05) is 33.8 Å². The zero-order valence-electron chi connectivity index (χ0n) is 17.5. The van der Waals surface area contributed by atoms with Crippen molar-refractivity contribution in [1.29, 1.82) is 0 Å². The molecular formula is C22H36O4. The van der Waals surface area contributed by atoms with Crippen LogP contribution in [0.1, 0.15) is 74.1 Å². The lowest BCUT2D eigenvalue weighted by molar-refractivity contribution is -0.144. The first-order chi connectivity index (χ1) is 12.1. The summed E-state index contributed by atoms with van der Waals surface area (Å²) in [5.74, 6) is 0.563. The summed E-state index contributed by atoms with van der Waals surface area (Å²) in [5.41, 5.74) is -0.327. The van der Waals surface area contributed by atoms with Gasteiger partial charge in [0, 0.05) is 0 Å². The van der Waals surface area contributed by atoms with Gasteiger partial charge in [-0.1, -0.05) is 24.6 Å². The van der Waals surface area contributed by atoms with Crippen LogP contribution in [0.15, 0.2) is 35.3 Å². The van der Waals surface area contributed by atoms with Gasteiger partial charge in [-0.15, -0.1) is 0 Å². The van der Waals surface area contributed by atoms with E-state index in [0.717, 1.165) is 25.7 Å². The molecule has 4 nitrogen and oxygen atoms in total. The highest BCUT2D eigenvalue weighted by atomic mass is 16.5. The van der Waals surface area contributed by atoms with E-state index in [9.17, 15) is 9.90 Å². The topological polar surface area (TPSA) is 55.8 Å². The Balaban J connectivity index is 2.66. The van der Waals surface area contributed by atoms with E-state index >= 15 is 0 Å². The fourth-order valence-electron chi connectivity index (χ4n) is 2.80. The minimum atomic E-state index is -1.68. The van der Waals surface area contributed by atoms with Crippen molar-refractivity contribution in [3.05, 3.63) is 35.3 Å². The first kappa shape index (κ1) is 22.5. The Morgan fingerprint density at radius 3 is 2.15 bits per heavy atom. The minimum Gasteiger partial charge on any atom is -0.487 e. The Kier molecular flexibility index (Phi) is 8.61. The van der Waals surface area contributed by atoms with E-state index in [1.165, 1.54) is 5.57 Å². The monoisotopic (exact) mass is 364 g/mol. The van der Waals surface area contributed by atoms with Crippen molar-refractivity contribution >= 4 is 5.78 Å². The van der Waals surface area contributed by atoms with E-state index in [4.69, 9.17) is 9.47 Å². The van der Waals surface area contributed by atoms with Crippen LogP contribution in [-0.4, -0.2) is 28.7 Å². The van der Waals surface area contributed by atoms with E-state index in [-0.39, 0.29) is 23.7 Å². The maximum atomic E-state index is 12.4. The normalized spacial score (nSPS) is 21.4. The number of ether oxygens (including phenoxy) is 2. The van der Waals surface area contributed by atoms with Crippen LogP contribution in [0.2, 0.25) is 0 Å². The van der Waals surface area contributed by atoms with Gasteiger partial charge in [-0.3, -0.25) is 4.79 Å². The van der Waals surface area contributed by atoms with E-state index in [1.54, 1.807) is 6.08 Å². The van der Waals surface area contributed by atoms with Crippen molar-refractivity contribution in [3.8, 4) is 0 Å². The Morgan fingerprint density at radius 1 is 1.04 bits per heavy atom. The number of hydrogen-bond acceptors (Lipinski definition) is 4. The number of aliphatic hydroxyl groups is 1. The molecule has 1 rings (SSSR count). The molecule has 4 heteroatoms. The number of carbonyl (C=O) groups excluding carboxylic acids is 1. The van der Waals surface area contributed by atoms with Crippen molar-refractivity contribution in [3.63, 3.8) is 0 Å². The molecule has 0 aliphatic heterocycles. The van der Waals surface area contributed by atoms with Gasteiger partial charge in [0.25, 0.3) is 0 Å². The number of hydrogen-bond donors (Lipinski definition) is 1. The average molecular weight is 365 g/mol. The number of Topliss-reactive ketones (excluding diaryl/α,β-unsaturated/α-hetero) is 1. The molecule has 2 atom stereocenters. The third-order valence-electron chi connectivity index (χ3n) is 4.21. The quantitative estimate of drug-likeness (QED) is 0.519. The zero-order chi connectivity index (χ0) is 19.9. The average Bonchev–Trinajstić information content (AvgIpc) is 2.53. The van der Waals surface area contributed by atoms with Crippen molar-refractivity contribution < 1.29 is 19.4 Å². The lowest BCUT2D eigenvalue weighted by Crippen LogP contribution is -2.52. The molecule has 0 amide bonds. The summed E-state index contributed by atoms with van der Waals surface area (Å²) >= 11 is 0. The summed E-state index contributed by atoms with van der Waals surface area (Å²) in [7, 11) is 0. The highest BCUT2D eigenvalue weighted by Gasteiger charge is 2.55. The van der Waals surface area contributed by atoms with Gasteiger partial charge in [0.2, 0.25) is 17.1 Å². The molecule has 0 aromatic rings. The second-order valence-electron chi connectivity index (χ2n) is 8.03. The molecular weight excluding hydrogens is 328 g/mol. The third-order valence-corrected chi connectivity index (χ3v) is 4.21. The highest BCUT2D eigenvalue weighted by Crippen LogP contribution is 2.39. The van der Waals surface area contributed by atoms with Crippen molar-refractivity contribution in [2.75, 3.05) is 0 Å². The highest BCUT2D eigenvalue weighted by molar-refractivity contribution is 6.11. The standard InChI is InChI=1S/C22H36O4/c1-15(2)11-10-13-18(7)12-8-9-14-22(24)20(23)19(25-16(3)4)21(22)26-17(5)6/h9,11,14,16-18,24H,8,10,12-13H2,1-7H3/b14-9+. The molecule has 2 unspecified atom stereocenters. The van der Waals surface area contributed by atoms with E-state index in [2.05, 4.69) is 26.8 Å². The lowest BCUT2D eigenvalue weighted by Gasteiger charge is -2.37. The molecule has 0 spiro atoms. The molecule has 1 aliphatic carbocycles. The summed E-state index contributed by atoms with van der Waals surface area (Å²) in [6, 6.07) is 0. The molecule has 1 N–H and O–H groups in total. The van der Waals surface area contributed by atoms with Crippen LogP contribution in [0.3, 0.4) is 0 Å². The van der Waals surface area contributed by atoms with E-state index in [0.29, 0.717) is 5.92 Å². The van der Waals surface area contributed by atoms with Gasteiger partial charge in [-0.05, 0) is 79.2 Å². The van der Waals surface area contributed by atoms with Crippen LogP contribution in [0.25, 0.3) is 0 Å². The fraction of sp³-hybridized carbons (Fsp3) is 0.682. The number of carbonyl (C=O) groups is 1. The smallest absolute Gasteiger partial charge is 0.244 e. The van der Waals surface area contributed by atoms with Crippen LogP contribution in [0, 0.1) is 5.92 Å². The van der Waals surface area contributed by atoms with Crippen LogP contribution >= 0.6 is 0 Å². The summed E-state index contributed by atoms with van der Waals surface area (Å²) in [4.78, 5) is 12.4. The van der Waals surface area contributed by atoms with Crippen molar-refractivity contribution in [1.82, 2.24) is 0 Å². The maximum absolute atomic E-state index is 12.4. The predicted molar refractivity (Wildman–Crippen MR) is 106 cm³/mol. The molecule has 0 bridgehead atoms. The molecule has 1 aliphatic rings. The van der Waals surface area contributed by atoms with Crippen LogP contribution < -0.4 is 0 Å². The van der Waals surface area contributed by atoms with Crippen molar-refractivity contribution in [2.24, 2.45) is 5.92 Å². The Labute approximate surface area is 159 Å². The summed E-state index contributed by atoms with van der Waals surface area (Å²) < 4.78 is 11.2. The van der Waals surface area contributed by atoms with Crippen LogP contribution in [-0.2, 0) is 14.3 Å². The minimum absolute atomic E-state index is 0.140. The predicted octanol–water partition coefficient (Wildman–Crippen LogP) is 5.08. The lowest BCUT2D eigenvalue weighted by atomic mass is 9.82. The fourth-order valence-corrected chi connectivity index (χ4v) is 2.80. The van der Waals surface area contributed by atoms with Gasteiger partial charge < -0.3 is 14.6 Å². The number of ketones is 1. The SMILES string of the molecule is CC(C)=CCCC(C)CC/C=C/C1(O)C(=O)C(OC(C)C)=C1OC(C)C. The molecule has 26 heavy (non-hydrogen) atoms. The van der Waals surface area contributed by atoms with Gasteiger partial charge in [0.15, 0.2) is 5.76 Å². The second kappa shape index (κ2) is 9.96. The zero-order valence-corrected chi connectivity index (χ0v) is 17.5. The van der Waals surface area contributed by atoms with Gasteiger partial charge in [0.05, 0.1) is 12.2 Å². The Bertz CT molecular complexity index is 565. The maximum Gasteiger partial charge on any atom is 0.244 e. The van der Waals surface area contributed by atoms with Crippen LogP contribution in [0.4, 0.5) is 0 Å². The molecule has 0 aromatic carbocycles. The van der Waals surface area contributed by atoms with Gasteiger partial charge in [-0.2, -0.15) is 0 Å². The van der Waals surface area contributed by atoms with Gasteiger partial charge in [-0.25, -0.2) is 0 Å². The second-order valence-corrected chi connectivity index (χ2v) is 8.03. The summed E-state index contributed by atoms with van der Waals surface area (Å²) in [5, 5.41) is 10.7. The van der Waals surface area contributed by atoms with Crippen LogP contribution in [0.5, 0.6) is 0 Å². The Hall–Kier alpha value is -1.55. The molecule has 0 saturated carbocycles. The first-order valence-corrected chi connectivity index (χ1v) is 9.74. The molecule has 0 heterocycles. The largest absolute Gasteiger partial charge is 0.487 e. The summed E-state index contributed by atoms with van der Waals surface area (Å²) in [6.45, 7) is 13.9. The molecule has 0 aromatic heterocycles. The number of rotatable bonds is 11.